The van der Waals surface area contributed by atoms with E-state index < -0.39 is 6.29 Å². The molecule has 0 amide bonds. The van der Waals surface area contributed by atoms with E-state index in [1.165, 1.54) is 103 Å². The largest absolute Gasteiger partial charge is 0.466 e. The molecule has 1 atom stereocenters. The Morgan fingerprint density at radius 2 is 1.12 bits per heavy atom. The molecule has 0 spiro atoms. The molecule has 6 nitrogen and oxygen atoms in total. The van der Waals surface area contributed by atoms with Crippen LogP contribution < -0.4 is 0 Å². The van der Waals surface area contributed by atoms with Gasteiger partial charge in [0.25, 0.3) is 0 Å². The number of esters is 1. The van der Waals surface area contributed by atoms with Crippen molar-refractivity contribution in [2.45, 2.75) is 181 Å². The van der Waals surface area contributed by atoms with Crippen molar-refractivity contribution < 1.29 is 24.5 Å². The third-order valence-electron chi connectivity index (χ3n) is 8.41. The molecular formula is C36H73NO5. The van der Waals surface area contributed by atoms with Crippen LogP contribution in [0.5, 0.6) is 0 Å². The van der Waals surface area contributed by atoms with Gasteiger partial charge in [0.1, 0.15) is 0 Å². The van der Waals surface area contributed by atoms with Gasteiger partial charge in [0, 0.05) is 13.0 Å². The van der Waals surface area contributed by atoms with Crippen LogP contribution in [0, 0.1) is 5.92 Å². The van der Waals surface area contributed by atoms with Gasteiger partial charge < -0.3 is 24.6 Å². The molecule has 0 aliphatic heterocycles. The minimum Gasteiger partial charge on any atom is -0.466 e. The Kier molecular flexibility index (Phi) is 32.7. The first kappa shape index (κ1) is 41.3. The molecular weight excluding hydrogens is 526 g/mol. The van der Waals surface area contributed by atoms with Crippen LogP contribution in [0.1, 0.15) is 175 Å². The normalized spacial score (nSPS) is 12.5. The average Bonchev–Trinajstić information content (AvgIpc) is 2.98. The Balaban J connectivity index is 3.96. The van der Waals surface area contributed by atoms with E-state index in [2.05, 4.69) is 25.7 Å². The van der Waals surface area contributed by atoms with Crippen molar-refractivity contribution in [1.82, 2.24) is 4.90 Å². The number of carbonyl (C=O) groups excluding carboxylic acids is 1. The number of hydrogen-bond donors (Lipinski definition) is 2. The summed E-state index contributed by atoms with van der Waals surface area (Å²) >= 11 is 0. The van der Waals surface area contributed by atoms with Crippen LogP contribution in [0.2, 0.25) is 0 Å². The number of aliphatic hydroxyl groups excluding tert-OH is 2. The molecule has 0 saturated carbocycles. The van der Waals surface area contributed by atoms with E-state index in [1.807, 2.05) is 0 Å². The minimum atomic E-state index is -0.663. The summed E-state index contributed by atoms with van der Waals surface area (Å²) in [6, 6.07) is 0. The second kappa shape index (κ2) is 33.2. The van der Waals surface area contributed by atoms with E-state index in [0.29, 0.717) is 38.5 Å². The van der Waals surface area contributed by atoms with Crippen molar-refractivity contribution in [3.05, 3.63) is 0 Å². The number of hydrogen-bond acceptors (Lipinski definition) is 6. The molecule has 0 radical (unpaired) electrons. The van der Waals surface area contributed by atoms with Gasteiger partial charge >= 0.3 is 5.97 Å². The molecule has 0 fully saturated rings. The predicted octanol–water partition coefficient (Wildman–Crippen LogP) is 9.20. The van der Waals surface area contributed by atoms with E-state index in [9.17, 15) is 15.0 Å². The molecule has 252 valence electrons. The first-order valence-corrected chi connectivity index (χ1v) is 18.4. The Morgan fingerprint density at radius 1 is 0.619 bits per heavy atom. The number of ether oxygens (including phenoxy) is 2. The second-order valence-corrected chi connectivity index (χ2v) is 12.6. The third kappa shape index (κ3) is 29.4. The lowest BCUT2D eigenvalue weighted by Gasteiger charge is -2.21. The second-order valence-electron chi connectivity index (χ2n) is 12.6. The molecule has 0 aliphatic carbocycles. The maximum Gasteiger partial charge on any atom is 0.305 e. The maximum absolute atomic E-state index is 12.1. The lowest BCUT2D eigenvalue weighted by Crippen LogP contribution is -2.29. The fourth-order valence-electron chi connectivity index (χ4n) is 5.61. The van der Waals surface area contributed by atoms with E-state index in [-0.39, 0.29) is 12.6 Å². The van der Waals surface area contributed by atoms with E-state index in [4.69, 9.17) is 9.47 Å². The summed E-state index contributed by atoms with van der Waals surface area (Å²) in [6.45, 7) is 10.5. The number of rotatable bonds is 34. The zero-order chi connectivity index (χ0) is 30.9. The molecule has 0 aliphatic rings. The van der Waals surface area contributed by atoms with Crippen LogP contribution in [0.25, 0.3) is 0 Å². The lowest BCUT2D eigenvalue weighted by molar-refractivity contribution is -0.144. The van der Waals surface area contributed by atoms with Crippen molar-refractivity contribution in [2.75, 3.05) is 39.5 Å². The number of nitrogens with zero attached hydrogens (tertiary/aromatic N) is 1. The van der Waals surface area contributed by atoms with Crippen LogP contribution in [0.15, 0.2) is 0 Å². The van der Waals surface area contributed by atoms with E-state index in [0.717, 1.165) is 51.6 Å². The molecule has 0 heterocycles. The van der Waals surface area contributed by atoms with Gasteiger partial charge in [-0.2, -0.15) is 0 Å². The molecule has 0 aromatic rings. The van der Waals surface area contributed by atoms with Crippen molar-refractivity contribution in [1.29, 1.82) is 0 Å². The Labute approximate surface area is 261 Å². The Hall–Kier alpha value is -0.690. The quantitative estimate of drug-likeness (QED) is 0.0436. The van der Waals surface area contributed by atoms with Gasteiger partial charge in [-0.05, 0) is 64.0 Å². The average molecular weight is 600 g/mol. The molecule has 0 aromatic carbocycles. The third-order valence-corrected chi connectivity index (χ3v) is 8.41. The lowest BCUT2D eigenvalue weighted by atomic mass is 9.95. The summed E-state index contributed by atoms with van der Waals surface area (Å²) in [5, 5.41) is 19.9. The van der Waals surface area contributed by atoms with Gasteiger partial charge in [0.2, 0.25) is 0 Å². The van der Waals surface area contributed by atoms with Crippen molar-refractivity contribution in [3.8, 4) is 0 Å². The van der Waals surface area contributed by atoms with Crippen molar-refractivity contribution >= 4 is 5.97 Å². The minimum absolute atomic E-state index is 0.0972. The van der Waals surface area contributed by atoms with Gasteiger partial charge in [-0.1, -0.05) is 124 Å². The standard InChI is InChI=1S/C36H73NO5/c1-4-7-10-13-14-15-16-22-32-41-35(39)27-23-29-37(30-31-38)28-21-17-20-26-36(40)42-33-34(24-18-11-8-5-2)25-19-12-9-6-3/h34,36,38,40H,4-33H2,1-3H3. The van der Waals surface area contributed by atoms with Gasteiger partial charge in [0.05, 0.1) is 19.8 Å². The number of unbranched alkanes of at least 4 members (excludes halogenated alkanes) is 15. The van der Waals surface area contributed by atoms with Crippen molar-refractivity contribution in [3.63, 3.8) is 0 Å². The highest BCUT2D eigenvalue weighted by Crippen LogP contribution is 2.20. The summed E-state index contributed by atoms with van der Waals surface area (Å²) in [4.78, 5) is 14.3. The van der Waals surface area contributed by atoms with Crippen LogP contribution in [0.3, 0.4) is 0 Å². The highest BCUT2D eigenvalue weighted by molar-refractivity contribution is 5.69. The molecule has 6 heteroatoms. The van der Waals surface area contributed by atoms with Gasteiger partial charge in [-0.3, -0.25) is 4.79 Å². The topological polar surface area (TPSA) is 79.2 Å². The predicted molar refractivity (Wildman–Crippen MR) is 178 cm³/mol. The zero-order valence-corrected chi connectivity index (χ0v) is 28.4. The molecule has 1 unspecified atom stereocenters. The van der Waals surface area contributed by atoms with Gasteiger partial charge in [-0.15, -0.1) is 0 Å². The molecule has 0 aromatic heterocycles. The SMILES string of the molecule is CCCCCCCCCCOC(=O)CCCN(CCO)CCCCCC(O)OCC(CCCCCC)CCCCCC. The molecule has 0 saturated heterocycles. The Morgan fingerprint density at radius 3 is 1.71 bits per heavy atom. The Bertz CT molecular complexity index is 535. The van der Waals surface area contributed by atoms with Gasteiger partial charge in [-0.25, -0.2) is 0 Å². The van der Waals surface area contributed by atoms with Crippen LogP contribution >= 0.6 is 0 Å². The monoisotopic (exact) mass is 600 g/mol. The number of carbonyl (C=O) groups is 1. The van der Waals surface area contributed by atoms with E-state index in [1.54, 1.807) is 0 Å². The molecule has 42 heavy (non-hydrogen) atoms. The highest BCUT2D eigenvalue weighted by Gasteiger charge is 2.13. The van der Waals surface area contributed by atoms with Crippen LogP contribution in [-0.4, -0.2) is 66.8 Å². The summed E-state index contributed by atoms with van der Waals surface area (Å²) in [6.07, 6.45) is 26.9. The smallest absolute Gasteiger partial charge is 0.305 e. The van der Waals surface area contributed by atoms with E-state index >= 15 is 0 Å². The van der Waals surface area contributed by atoms with Crippen LogP contribution in [-0.2, 0) is 14.3 Å². The fourth-order valence-corrected chi connectivity index (χ4v) is 5.61. The summed E-state index contributed by atoms with van der Waals surface area (Å²) in [5.74, 6) is 0.475. The number of aliphatic hydroxyl groups is 2. The summed E-state index contributed by atoms with van der Waals surface area (Å²) in [5.41, 5.74) is 0. The molecule has 2 N–H and O–H groups in total. The summed E-state index contributed by atoms with van der Waals surface area (Å²) in [7, 11) is 0. The fraction of sp³-hybridized carbons (Fsp3) is 0.972. The zero-order valence-electron chi connectivity index (χ0n) is 28.4. The van der Waals surface area contributed by atoms with Crippen LogP contribution in [0.4, 0.5) is 0 Å². The first-order valence-electron chi connectivity index (χ1n) is 18.4. The van der Waals surface area contributed by atoms with Crippen molar-refractivity contribution in [2.24, 2.45) is 5.92 Å². The first-order chi connectivity index (χ1) is 20.6. The van der Waals surface area contributed by atoms with Gasteiger partial charge in [0.15, 0.2) is 6.29 Å². The highest BCUT2D eigenvalue weighted by atomic mass is 16.6. The summed E-state index contributed by atoms with van der Waals surface area (Å²) < 4.78 is 11.3. The molecule has 0 bridgehead atoms. The molecule has 0 rings (SSSR count). The maximum atomic E-state index is 12.1.